The molecule has 2 nitrogen and oxygen atoms in total. The van der Waals surface area contributed by atoms with E-state index in [4.69, 9.17) is 27.9 Å². The largest absolute Gasteiger partial charge is 0.491 e. The smallest absolute Gasteiger partial charge is 0.130 e. The van der Waals surface area contributed by atoms with E-state index >= 15 is 0 Å². The van der Waals surface area contributed by atoms with Gasteiger partial charge >= 0.3 is 0 Å². The standard InChI is InChI=1S/C14H11Cl2FO2/c15-9-1-4-11(5-2-9)19-8-14(18)12-6-3-10(16)7-13(12)17/h1-7,14,18H,8H2. The number of hydrogen-bond acceptors (Lipinski definition) is 2. The van der Waals surface area contributed by atoms with E-state index in [1.54, 1.807) is 24.3 Å². The van der Waals surface area contributed by atoms with Crippen molar-refractivity contribution in [2.24, 2.45) is 0 Å². The minimum Gasteiger partial charge on any atom is -0.491 e. The highest BCUT2D eigenvalue weighted by Crippen LogP contribution is 2.22. The van der Waals surface area contributed by atoms with Crippen LogP contribution in [0.15, 0.2) is 42.5 Å². The van der Waals surface area contributed by atoms with Crippen molar-refractivity contribution in [3.63, 3.8) is 0 Å². The van der Waals surface area contributed by atoms with Gasteiger partial charge in [0.15, 0.2) is 0 Å². The van der Waals surface area contributed by atoms with Gasteiger partial charge in [-0.15, -0.1) is 0 Å². The fraction of sp³-hybridized carbons (Fsp3) is 0.143. The van der Waals surface area contributed by atoms with E-state index in [0.717, 1.165) is 6.07 Å². The van der Waals surface area contributed by atoms with Gasteiger partial charge < -0.3 is 9.84 Å². The summed E-state index contributed by atoms with van der Waals surface area (Å²) in [7, 11) is 0. The second-order valence-electron chi connectivity index (χ2n) is 3.95. The van der Waals surface area contributed by atoms with E-state index in [2.05, 4.69) is 0 Å². The van der Waals surface area contributed by atoms with Crippen LogP contribution in [-0.4, -0.2) is 11.7 Å². The second-order valence-corrected chi connectivity index (χ2v) is 4.82. The Kier molecular flexibility index (Phi) is 4.64. The van der Waals surface area contributed by atoms with Crippen molar-refractivity contribution in [1.29, 1.82) is 0 Å². The lowest BCUT2D eigenvalue weighted by molar-refractivity contribution is 0.105. The van der Waals surface area contributed by atoms with E-state index in [9.17, 15) is 9.50 Å². The van der Waals surface area contributed by atoms with Crippen LogP contribution in [0.1, 0.15) is 11.7 Å². The summed E-state index contributed by atoms with van der Waals surface area (Å²) in [4.78, 5) is 0. The minimum atomic E-state index is -1.06. The van der Waals surface area contributed by atoms with E-state index in [-0.39, 0.29) is 17.2 Å². The Morgan fingerprint density at radius 3 is 2.32 bits per heavy atom. The third-order valence-corrected chi connectivity index (χ3v) is 3.03. The first-order chi connectivity index (χ1) is 9.06. The molecule has 1 N–H and O–H groups in total. The molecule has 0 saturated carbocycles. The molecule has 2 aromatic rings. The second kappa shape index (κ2) is 6.24. The molecule has 0 aliphatic rings. The molecule has 0 fully saturated rings. The van der Waals surface area contributed by atoms with Gasteiger partial charge in [0.2, 0.25) is 0 Å². The lowest BCUT2D eigenvalue weighted by Crippen LogP contribution is -2.11. The Balaban J connectivity index is 2.01. The quantitative estimate of drug-likeness (QED) is 0.915. The van der Waals surface area contributed by atoms with Gasteiger partial charge in [-0.25, -0.2) is 4.39 Å². The average Bonchev–Trinajstić information content (AvgIpc) is 2.37. The lowest BCUT2D eigenvalue weighted by atomic mass is 10.1. The van der Waals surface area contributed by atoms with Crippen molar-refractivity contribution in [2.75, 3.05) is 6.61 Å². The van der Waals surface area contributed by atoms with Crippen LogP contribution >= 0.6 is 23.2 Å². The molecule has 0 radical (unpaired) electrons. The van der Waals surface area contributed by atoms with Crippen LogP contribution in [0, 0.1) is 5.82 Å². The Labute approximate surface area is 120 Å². The first kappa shape index (κ1) is 14.1. The summed E-state index contributed by atoms with van der Waals surface area (Å²) in [5.74, 6) is -0.00229. The fourth-order valence-electron chi connectivity index (χ4n) is 1.57. The third kappa shape index (κ3) is 3.83. The molecule has 5 heteroatoms. The maximum Gasteiger partial charge on any atom is 0.130 e. The molecule has 100 valence electrons. The SMILES string of the molecule is OC(COc1ccc(Cl)cc1)c1ccc(Cl)cc1F. The van der Waals surface area contributed by atoms with Gasteiger partial charge in [0.1, 0.15) is 24.3 Å². The zero-order chi connectivity index (χ0) is 13.8. The molecule has 2 aromatic carbocycles. The molecule has 0 aromatic heterocycles. The van der Waals surface area contributed by atoms with Gasteiger partial charge in [0, 0.05) is 15.6 Å². The Bertz CT molecular complexity index is 558. The normalized spacial score (nSPS) is 12.2. The summed E-state index contributed by atoms with van der Waals surface area (Å²) < 4.78 is 18.9. The van der Waals surface area contributed by atoms with Crippen molar-refractivity contribution in [3.05, 3.63) is 63.9 Å². The highest BCUT2D eigenvalue weighted by molar-refractivity contribution is 6.30. The first-order valence-corrected chi connectivity index (χ1v) is 6.33. The number of ether oxygens (including phenoxy) is 1. The number of halogens is 3. The zero-order valence-corrected chi connectivity index (χ0v) is 11.3. The highest BCUT2D eigenvalue weighted by atomic mass is 35.5. The van der Waals surface area contributed by atoms with Crippen molar-refractivity contribution < 1.29 is 14.2 Å². The van der Waals surface area contributed by atoms with Crippen molar-refractivity contribution >= 4 is 23.2 Å². The predicted octanol–water partition coefficient (Wildman–Crippen LogP) is 4.24. The zero-order valence-electron chi connectivity index (χ0n) is 9.82. The molecule has 0 amide bonds. The van der Waals surface area contributed by atoms with Gasteiger partial charge in [-0.3, -0.25) is 0 Å². The van der Waals surface area contributed by atoms with E-state index in [1.807, 2.05) is 0 Å². The molecule has 1 atom stereocenters. The molecule has 0 bridgehead atoms. The van der Waals surface area contributed by atoms with Crippen molar-refractivity contribution in [3.8, 4) is 5.75 Å². The number of benzene rings is 2. The van der Waals surface area contributed by atoms with Gasteiger partial charge in [0.25, 0.3) is 0 Å². The van der Waals surface area contributed by atoms with Crippen LogP contribution in [0.5, 0.6) is 5.75 Å². The van der Waals surface area contributed by atoms with Crippen LogP contribution < -0.4 is 4.74 Å². The van der Waals surface area contributed by atoms with Crippen LogP contribution in [0.4, 0.5) is 4.39 Å². The molecular formula is C14H11Cl2FO2. The Hall–Kier alpha value is -1.29. The van der Waals surface area contributed by atoms with Crippen LogP contribution in [0.25, 0.3) is 0 Å². The maximum absolute atomic E-state index is 13.6. The minimum absolute atomic E-state index is 0.0554. The monoisotopic (exact) mass is 300 g/mol. The molecule has 19 heavy (non-hydrogen) atoms. The molecular weight excluding hydrogens is 290 g/mol. The van der Waals surface area contributed by atoms with Crippen molar-refractivity contribution in [2.45, 2.75) is 6.10 Å². The number of rotatable bonds is 4. The molecule has 1 unspecified atom stereocenters. The third-order valence-electron chi connectivity index (χ3n) is 2.54. The number of hydrogen-bond donors (Lipinski definition) is 1. The molecule has 0 aliphatic carbocycles. The van der Waals surface area contributed by atoms with Gasteiger partial charge in [0.05, 0.1) is 0 Å². The summed E-state index contributed by atoms with van der Waals surface area (Å²) in [6.45, 7) is -0.0554. The summed E-state index contributed by atoms with van der Waals surface area (Å²) in [6, 6.07) is 10.8. The highest BCUT2D eigenvalue weighted by Gasteiger charge is 2.13. The molecule has 2 rings (SSSR count). The van der Waals surface area contributed by atoms with Gasteiger partial charge in [-0.1, -0.05) is 29.3 Å². The van der Waals surface area contributed by atoms with E-state index < -0.39 is 11.9 Å². The van der Waals surface area contributed by atoms with E-state index in [0.29, 0.717) is 10.8 Å². The Morgan fingerprint density at radius 1 is 1.05 bits per heavy atom. The summed E-state index contributed by atoms with van der Waals surface area (Å²) in [5.41, 5.74) is 0.151. The average molecular weight is 301 g/mol. The fourth-order valence-corrected chi connectivity index (χ4v) is 1.85. The topological polar surface area (TPSA) is 29.5 Å². The maximum atomic E-state index is 13.6. The first-order valence-electron chi connectivity index (χ1n) is 5.57. The lowest BCUT2D eigenvalue weighted by Gasteiger charge is -2.13. The van der Waals surface area contributed by atoms with Crippen LogP contribution in [0.2, 0.25) is 10.0 Å². The summed E-state index contributed by atoms with van der Waals surface area (Å²) >= 11 is 11.4. The molecule has 0 saturated heterocycles. The summed E-state index contributed by atoms with van der Waals surface area (Å²) in [5, 5.41) is 10.8. The predicted molar refractivity (Wildman–Crippen MR) is 73.3 cm³/mol. The number of aliphatic hydroxyl groups excluding tert-OH is 1. The Morgan fingerprint density at radius 2 is 1.68 bits per heavy atom. The van der Waals surface area contributed by atoms with Crippen molar-refractivity contribution in [1.82, 2.24) is 0 Å². The molecule has 0 spiro atoms. The van der Waals surface area contributed by atoms with Gasteiger partial charge in [-0.05, 0) is 36.4 Å². The number of aliphatic hydroxyl groups is 1. The molecule has 0 heterocycles. The van der Waals surface area contributed by atoms with E-state index in [1.165, 1.54) is 12.1 Å². The van der Waals surface area contributed by atoms with Crippen LogP contribution in [0.3, 0.4) is 0 Å². The van der Waals surface area contributed by atoms with Gasteiger partial charge in [-0.2, -0.15) is 0 Å². The summed E-state index contributed by atoms with van der Waals surface area (Å²) in [6.07, 6.45) is -1.06. The molecule has 0 aliphatic heterocycles. The van der Waals surface area contributed by atoms with Crippen LogP contribution in [-0.2, 0) is 0 Å².